The standard InChI is InChI=1S/C13H7NS.Y/c1-2-4-12-10(3-1)7-14-8-13(12)11-5-6-15-9-11;/h1-7H;/q-2;. The van der Waals surface area contributed by atoms with Crippen LogP contribution in [0, 0.1) is 11.6 Å². The number of pyridine rings is 1. The minimum Gasteiger partial charge on any atom is -0.370 e. The maximum atomic E-state index is 4.13. The van der Waals surface area contributed by atoms with Gasteiger partial charge in [0.05, 0.1) is 0 Å². The summed E-state index contributed by atoms with van der Waals surface area (Å²) in [5.41, 5.74) is 2.11. The zero-order valence-corrected chi connectivity index (χ0v) is 12.1. The number of hydrogen-bond acceptors (Lipinski definition) is 2. The molecule has 0 amide bonds. The van der Waals surface area contributed by atoms with Gasteiger partial charge in [-0.1, -0.05) is 36.0 Å². The van der Waals surface area contributed by atoms with Crippen LogP contribution in [0.2, 0.25) is 0 Å². The zero-order valence-electron chi connectivity index (χ0n) is 8.47. The smallest absolute Gasteiger partial charge is 0 e. The molecular weight excluding hydrogens is 291 g/mol. The molecule has 75 valence electrons. The first-order valence-corrected chi connectivity index (χ1v) is 5.54. The molecule has 3 heteroatoms. The van der Waals surface area contributed by atoms with Crippen molar-refractivity contribution in [2.75, 3.05) is 0 Å². The van der Waals surface area contributed by atoms with E-state index in [2.05, 4.69) is 28.7 Å². The van der Waals surface area contributed by atoms with E-state index in [9.17, 15) is 0 Å². The van der Waals surface area contributed by atoms with Crippen LogP contribution in [0.4, 0.5) is 0 Å². The average Bonchev–Trinajstić information content (AvgIpc) is 2.82. The van der Waals surface area contributed by atoms with Crippen molar-refractivity contribution in [3.63, 3.8) is 0 Å². The second-order valence-electron chi connectivity index (χ2n) is 3.27. The Kier molecular flexibility index (Phi) is 3.85. The van der Waals surface area contributed by atoms with Gasteiger partial charge in [0.1, 0.15) is 0 Å². The van der Waals surface area contributed by atoms with Gasteiger partial charge in [-0.25, -0.2) is 11.6 Å². The molecule has 0 saturated heterocycles. The summed E-state index contributed by atoms with van der Waals surface area (Å²) in [4.78, 5) is 4.13. The van der Waals surface area contributed by atoms with E-state index < -0.39 is 0 Å². The van der Waals surface area contributed by atoms with Gasteiger partial charge in [0, 0.05) is 32.7 Å². The van der Waals surface area contributed by atoms with Crippen molar-refractivity contribution in [3.05, 3.63) is 53.5 Å². The molecule has 0 N–H and O–H groups in total. The molecule has 3 aromatic rings. The van der Waals surface area contributed by atoms with Crippen LogP contribution in [0.25, 0.3) is 21.9 Å². The fraction of sp³-hybridized carbons (Fsp3) is 0. The fourth-order valence-electron chi connectivity index (χ4n) is 1.64. The third-order valence-corrected chi connectivity index (χ3v) is 2.96. The quantitative estimate of drug-likeness (QED) is 0.626. The van der Waals surface area contributed by atoms with Crippen LogP contribution in [0.1, 0.15) is 0 Å². The van der Waals surface area contributed by atoms with E-state index in [-0.39, 0.29) is 32.7 Å². The third kappa shape index (κ3) is 2.10. The normalized spacial score (nSPS) is 10.0. The topological polar surface area (TPSA) is 12.9 Å². The second kappa shape index (κ2) is 5.18. The molecule has 1 nitrogen and oxygen atoms in total. The molecule has 0 unspecified atom stereocenters. The minimum atomic E-state index is 0. The third-order valence-electron chi connectivity index (χ3n) is 2.35. The van der Waals surface area contributed by atoms with Crippen LogP contribution >= 0.6 is 11.3 Å². The average molecular weight is 298 g/mol. The predicted molar refractivity (Wildman–Crippen MR) is 62.7 cm³/mol. The van der Waals surface area contributed by atoms with Gasteiger partial charge in [-0.05, 0) is 0 Å². The Hall–Kier alpha value is -0.566. The van der Waals surface area contributed by atoms with E-state index >= 15 is 0 Å². The van der Waals surface area contributed by atoms with Gasteiger partial charge < -0.3 is 4.98 Å². The fourth-order valence-corrected chi connectivity index (χ4v) is 2.21. The van der Waals surface area contributed by atoms with Crippen molar-refractivity contribution < 1.29 is 32.7 Å². The Morgan fingerprint density at radius 3 is 2.81 bits per heavy atom. The van der Waals surface area contributed by atoms with E-state index in [1.165, 1.54) is 5.39 Å². The van der Waals surface area contributed by atoms with Gasteiger partial charge in [0.15, 0.2) is 0 Å². The molecule has 3 rings (SSSR count). The first-order chi connectivity index (χ1) is 7.45. The number of hydrogen-bond donors (Lipinski definition) is 0. The van der Waals surface area contributed by atoms with E-state index in [0.717, 1.165) is 16.5 Å². The summed E-state index contributed by atoms with van der Waals surface area (Å²) < 4.78 is 0. The summed E-state index contributed by atoms with van der Waals surface area (Å²) in [6, 6.07) is 10.3. The summed E-state index contributed by atoms with van der Waals surface area (Å²) in [5, 5.41) is 7.56. The van der Waals surface area contributed by atoms with Gasteiger partial charge in [0.2, 0.25) is 0 Å². The molecule has 1 aromatic carbocycles. The Morgan fingerprint density at radius 1 is 1.12 bits per heavy atom. The molecule has 1 radical (unpaired) electrons. The van der Waals surface area contributed by atoms with Crippen molar-refractivity contribution in [2.45, 2.75) is 0 Å². The van der Waals surface area contributed by atoms with Crippen molar-refractivity contribution in [3.8, 4) is 11.1 Å². The number of aromatic nitrogens is 1. The maximum Gasteiger partial charge on any atom is 0 e. The van der Waals surface area contributed by atoms with Crippen LogP contribution in [0.3, 0.4) is 0 Å². The van der Waals surface area contributed by atoms with Crippen LogP contribution in [-0.4, -0.2) is 4.98 Å². The molecule has 0 spiro atoms. The minimum absolute atomic E-state index is 0. The van der Waals surface area contributed by atoms with E-state index in [4.69, 9.17) is 0 Å². The Balaban J connectivity index is 0.000000963. The molecule has 0 aliphatic rings. The number of fused-ring (bicyclic) bond motifs is 1. The van der Waals surface area contributed by atoms with Gasteiger partial charge >= 0.3 is 0 Å². The monoisotopic (exact) mass is 298 g/mol. The molecule has 0 aliphatic carbocycles. The molecular formula is C13H7NSY-2. The van der Waals surface area contributed by atoms with Crippen molar-refractivity contribution >= 4 is 22.1 Å². The molecule has 0 fully saturated rings. The molecule has 2 aromatic heterocycles. The summed E-state index contributed by atoms with van der Waals surface area (Å²) in [5.74, 6) is 0. The second-order valence-corrected chi connectivity index (χ2v) is 3.98. The van der Waals surface area contributed by atoms with E-state index in [0.29, 0.717) is 0 Å². The maximum absolute atomic E-state index is 4.13. The summed E-state index contributed by atoms with van der Waals surface area (Å²) in [7, 11) is 0. The van der Waals surface area contributed by atoms with Crippen molar-refractivity contribution in [1.29, 1.82) is 0 Å². The number of benzene rings is 1. The first-order valence-electron chi connectivity index (χ1n) is 4.66. The summed E-state index contributed by atoms with van der Waals surface area (Å²) >= 11 is 1.57. The molecule has 0 atom stereocenters. The number of rotatable bonds is 1. The summed E-state index contributed by atoms with van der Waals surface area (Å²) in [6.07, 6.45) is 4.88. The number of thiophene rings is 1. The van der Waals surface area contributed by atoms with Crippen LogP contribution in [-0.2, 0) is 32.7 Å². The molecule has 0 aliphatic heterocycles. The molecule has 2 heterocycles. The van der Waals surface area contributed by atoms with Crippen molar-refractivity contribution in [2.24, 2.45) is 0 Å². The van der Waals surface area contributed by atoms with Crippen LogP contribution < -0.4 is 0 Å². The van der Waals surface area contributed by atoms with E-state index in [1.54, 1.807) is 11.3 Å². The molecule has 0 saturated carbocycles. The predicted octanol–water partition coefficient (Wildman–Crippen LogP) is 3.56. The Bertz CT molecular complexity index is 584. The van der Waals surface area contributed by atoms with Gasteiger partial charge in [-0.15, -0.1) is 22.2 Å². The first kappa shape index (κ1) is 11.9. The Morgan fingerprint density at radius 2 is 2.00 bits per heavy atom. The zero-order chi connectivity index (χ0) is 10.1. The SMILES string of the molecule is [Y].[c-]1sccc1-c1[c-]ncc2ccccc12. The summed E-state index contributed by atoms with van der Waals surface area (Å²) in [6.45, 7) is 0. The molecule has 0 bridgehead atoms. The Labute approximate surface area is 123 Å². The van der Waals surface area contributed by atoms with Crippen LogP contribution in [0.15, 0.2) is 41.9 Å². The van der Waals surface area contributed by atoms with Gasteiger partial charge in [0.25, 0.3) is 0 Å². The molecule has 16 heavy (non-hydrogen) atoms. The van der Waals surface area contributed by atoms with Crippen LogP contribution in [0.5, 0.6) is 0 Å². The largest absolute Gasteiger partial charge is 0.370 e. The van der Waals surface area contributed by atoms with E-state index in [1.807, 2.05) is 29.8 Å². The number of nitrogens with zero attached hydrogens (tertiary/aromatic N) is 1. The van der Waals surface area contributed by atoms with Crippen molar-refractivity contribution in [1.82, 2.24) is 4.98 Å². The van der Waals surface area contributed by atoms with Gasteiger partial charge in [-0.2, -0.15) is 5.56 Å². The van der Waals surface area contributed by atoms with Gasteiger partial charge in [-0.3, -0.25) is 11.3 Å².